The highest BCUT2D eigenvalue weighted by Gasteiger charge is 2.16. The lowest BCUT2D eigenvalue weighted by Crippen LogP contribution is -2.10. The van der Waals surface area contributed by atoms with Gasteiger partial charge < -0.3 is 4.74 Å². The van der Waals surface area contributed by atoms with Crippen molar-refractivity contribution in [3.63, 3.8) is 0 Å². The molecule has 0 aliphatic carbocycles. The number of carbonyl (C=O) groups excluding carboxylic acids is 1. The second-order valence-corrected chi connectivity index (χ2v) is 4.06. The van der Waals surface area contributed by atoms with E-state index < -0.39 is 4.92 Å². The number of benzene rings is 1. The third kappa shape index (κ3) is 3.27. The fraction of sp³-hybridized carbons (Fsp3) is 0.417. The lowest BCUT2D eigenvalue weighted by molar-refractivity contribution is -0.385. The Bertz CT molecular complexity index is 440. The second-order valence-electron chi connectivity index (χ2n) is 4.06. The number of Topliss-reactive ketones (excluding diaryl/α,β-unsaturated/α-hetero) is 1. The molecule has 0 atom stereocenters. The van der Waals surface area contributed by atoms with Crippen molar-refractivity contribution >= 4 is 11.5 Å². The molecule has 0 aliphatic heterocycles. The van der Waals surface area contributed by atoms with E-state index >= 15 is 0 Å². The van der Waals surface area contributed by atoms with E-state index in [1.54, 1.807) is 12.1 Å². The summed E-state index contributed by atoms with van der Waals surface area (Å²) in [5, 5.41) is 10.7. The molecule has 17 heavy (non-hydrogen) atoms. The lowest BCUT2D eigenvalue weighted by atomic mass is 10.0. The van der Waals surface area contributed by atoms with Gasteiger partial charge in [-0.2, -0.15) is 0 Å². The minimum absolute atomic E-state index is 0.0452. The average Bonchev–Trinajstić information content (AvgIpc) is 2.28. The van der Waals surface area contributed by atoms with Crippen molar-refractivity contribution in [1.82, 2.24) is 0 Å². The number of nitro benzene ring substituents is 1. The van der Waals surface area contributed by atoms with Crippen LogP contribution < -0.4 is 4.74 Å². The van der Waals surface area contributed by atoms with Gasteiger partial charge in [-0.15, -0.1) is 0 Å². The number of methoxy groups -OCH3 is 1. The second kappa shape index (κ2) is 5.43. The molecule has 1 aromatic carbocycles. The smallest absolute Gasteiger partial charge is 0.310 e. The standard InChI is InChI=1S/C12H15NO4/c1-8(2)11(14)6-9-4-5-10(13(15)16)12(7-9)17-3/h4-5,7-8H,6H2,1-3H3. The van der Waals surface area contributed by atoms with E-state index in [4.69, 9.17) is 4.74 Å². The molecule has 1 rings (SSSR count). The molecule has 0 amide bonds. The van der Waals surface area contributed by atoms with E-state index in [0.29, 0.717) is 0 Å². The van der Waals surface area contributed by atoms with Crippen molar-refractivity contribution in [2.45, 2.75) is 20.3 Å². The first-order valence-electron chi connectivity index (χ1n) is 5.29. The highest BCUT2D eigenvalue weighted by Crippen LogP contribution is 2.27. The number of hydrogen-bond donors (Lipinski definition) is 0. The number of rotatable bonds is 5. The Morgan fingerprint density at radius 2 is 2.12 bits per heavy atom. The summed E-state index contributed by atoms with van der Waals surface area (Å²) in [6, 6.07) is 4.49. The van der Waals surface area contributed by atoms with Crippen LogP contribution in [0, 0.1) is 16.0 Å². The highest BCUT2D eigenvalue weighted by molar-refractivity contribution is 5.82. The Morgan fingerprint density at radius 1 is 1.47 bits per heavy atom. The van der Waals surface area contributed by atoms with Gasteiger partial charge in [0, 0.05) is 18.4 Å². The summed E-state index contributed by atoms with van der Waals surface area (Å²) in [6.45, 7) is 3.65. The van der Waals surface area contributed by atoms with Gasteiger partial charge in [-0.3, -0.25) is 14.9 Å². The lowest BCUT2D eigenvalue weighted by Gasteiger charge is -2.06. The SMILES string of the molecule is COc1cc(CC(=O)C(C)C)ccc1[N+](=O)[O-]. The summed E-state index contributed by atoms with van der Waals surface area (Å²) in [5.74, 6) is 0.237. The van der Waals surface area contributed by atoms with E-state index in [-0.39, 0.29) is 29.6 Å². The van der Waals surface area contributed by atoms with E-state index in [9.17, 15) is 14.9 Å². The summed E-state index contributed by atoms with van der Waals surface area (Å²) in [6.07, 6.45) is 0.270. The Balaban J connectivity index is 2.98. The number of carbonyl (C=O) groups is 1. The van der Waals surface area contributed by atoms with Crippen molar-refractivity contribution in [3.05, 3.63) is 33.9 Å². The molecule has 0 N–H and O–H groups in total. The van der Waals surface area contributed by atoms with Gasteiger partial charge >= 0.3 is 5.69 Å². The number of nitro groups is 1. The number of ketones is 1. The van der Waals surface area contributed by atoms with E-state index in [2.05, 4.69) is 0 Å². The molecule has 0 aromatic heterocycles. The zero-order valence-electron chi connectivity index (χ0n) is 10.1. The molecule has 0 saturated heterocycles. The van der Waals surface area contributed by atoms with Gasteiger partial charge in [-0.1, -0.05) is 19.9 Å². The summed E-state index contributed by atoms with van der Waals surface area (Å²) in [5.41, 5.74) is 0.638. The van der Waals surface area contributed by atoms with Crippen LogP contribution >= 0.6 is 0 Å². The van der Waals surface area contributed by atoms with Crippen molar-refractivity contribution in [2.75, 3.05) is 7.11 Å². The Morgan fingerprint density at radius 3 is 2.59 bits per heavy atom. The van der Waals surface area contributed by atoms with Gasteiger partial charge in [0.1, 0.15) is 5.78 Å². The topological polar surface area (TPSA) is 69.4 Å². The predicted octanol–water partition coefficient (Wildman–Crippen LogP) is 2.37. The number of ether oxygens (including phenoxy) is 1. The molecule has 0 radical (unpaired) electrons. The zero-order valence-corrected chi connectivity index (χ0v) is 10.1. The Hall–Kier alpha value is -1.91. The highest BCUT2D eigenvalue weighted by atomic mass is 16.6. The maximum atomic E-state index is 11.6. The van der Waals surface area contributed by atoms with Gasteiger partial charge in [0.15, 0.2) is 5.75 Å². The third-order valence-corrected chi connectivity index (χ3v) is 2.46. The molecule has 1 aromatic rings. The van der Waals surface area contributed by atoms with Crippen LogP contribution in [0.4, 0.5) is 5.69 Å². The molecule has 0 saturated carbocycles. The maximum Gasteiger partial charge on any atom is 0.310 e. The van der Waals surface area contributed by atoms with Crippen LogP contribution in [0.5, 0.6) is 5.75 Å². The molecule has 5 heteroatoms. The number of nitrogens with zero attached hydrogens (tertiary/aromatic N) is 1. The molecule has 0 unspecified atom stereocenters. The monoisotopic (exact) mass is 237 g/mol. The summed E-state index contributed by atoms with van der Waals surface area (Å²) >= 11 is 0. The van der Waals surface area contributed by atoms with Gasteiger partial charge in [0.25, 0.3) is 0 Å². The van der Waals surface area contributed by atoms with Crippen molar-refractivity contribution in [2.24, 2.45) is 5.92 Å². The van der Waals surface area contributed by atoms with Crippen molar-refractivity contribution in [1.29, 1.82) is 0 Å². The van der Waals surface area contributed by atoms with Gasteiger partial charge in [0.05, 0.1) is 12.0 Å². The van der Waals surface area contributed by atoms with Crippen LogP contribution in [0.3, 0.4) is 0 Å². The summed E-state index contributed by atoms with van der Waals surface area (Å²) < 4.78 is 4.94. The predicted molar refractivity (Wildman–Crippen MR) is 63.2 cm³/mol. The molecule has 5 nitrogen and oxygen atoms in total. The minimum Gasteiger partial charge on any atom is -0.490 e. The quantitative estimate of drug-likeness (QED) is 0.582. The van der Waals surface area contributed by atoms with Crippen LogP contribution in [-0.2, 0) is 11.2 Å². The fourth-order valence-corrected chi connectivity index (χ4v) is 1.39. The summed E-state index contributed by atoms with van der Waals surface area (Å²) in [4.78, 5) is 21.7. The molecule has 0 aliphatic rings. The van der Waals surface area contributed by atoms with Crippen LogP contribution in [-0.4, -0.2) is 17.8 Å². The van der Waals surface area contributed by atoms with E-state index in [1.165, 1.54) is 13.2 Å². The van der Waals surface area contributed by atoms with Crippen LogP contribution in [0.1, 0.15) is 19.4 Å². The normalized spacial score (nSPS) is 10.4. The van der Waals surface area contributed by atoms with E-state index in [0.717, 1.165) is 5.56 Å². The first kappa shape index (κ1) is 13.2. The number of hydrogen-bond acceptors (Lipinski definition) is 4. The first-order valence-corrected chi connectivity index (χ1v) is 5.29. The molecule has 0 fully saturated rings. The zero-order chi connectivity index (χ0) is 13.0. The van der Waals surface area contributed by atoms with Gasteiger partial charge in [0.2, 0.25) is 0 Å². The molecule has 0 bridgehead atoms. The van der Waals surface area contributed by atoms with Gasteiger partial charge in [-0.25, -0.2) is 0 Å². The molecule has 0 spiro atoms. The Kier molecular flexibility index (Phi) is 4.20. The van der Waals surface area contributed by atoms with Crippen molar-refractivity contribution in [3.8, 4) is 5.75 Å². The van der Waals surface area contributed by atoms with Crippen LogP contribution in [0.15, 0.2) is 18.2 Å². The third-order valence-electron chi connectivity index (χ3n) is 2.46. The molecule has 0 heterocycles. The van der Waals surface area contributed by atoms with Gasteiger partial charge in [-0.05, 0) is 11.6 Å². The summed E-state index contributed by atoms with van der Waals surface area (Å²) in [7, 11) is 1.37. The first-order chi connectivity index (χ1) is 7.95. The van der Waals surface area contributed by atoms with Crippen LogP contribution in [0.25, 0.3) is 0 Å². The van der Waals surface area contributed by atoms with Crippen LogP contribution in [0.2, 0.25) is 0 Å². The molecular formula is C12H15NO4. The largest absolute Gasteiger partial charge is 0.490 e. The fourth-order valence-electron chi connectivity index (χ4n) is 1.39. The molecule has 92 valence electrons. The Labute approximate surface area is 99.5 Å². The molecular weight excluding hydrogens is 222 g/mol. The van der Waals surface area contributed by atoms with E-state index in [1.807, 2.05) is 13.8 Å². The maximum absolute atomic E-state index is 11.6. The van der Waals surface area contributed by atoms with Crippen molar-refractivity contribution < 1.29 is 14.5 Å². The average molecular weight is 237 g/mol. The minimum atomic E-state index is -0.507.